The zero-order valence-electron chi connectivity index (χ0n) is 11.0. The maximum absolute atomic E-state index is 12.2. The van der Waals surface area contributed by atoms with E-state index in [4.69, 9.17) is 5.73 Å². The Kier molecular flexibility index (Phi) is 4.55. The summed E-state index contributed by atoms with van der Waals surface area (Å²) in [4.78, 5) is 27.7. The van der Waals surface area contributed by atoms with Crippen molar-refractivity contribution >= 4 is 23.2 Å². The minimum Gasteiger partial charge on any atom is -0.340 e. The van der Waals surface area contributed by atoms with Gasteiger partial charge in [0.25, 0.3) is 5.91 Å². The summed E-state index contributed by atoms with van der Waals surface area (Å²) in [5.74, 6) is 0.0150. The molecule has 1 aliphatic heterocycles. The summed E-state index contributed by atoms with van der Waals surface area (Å²) in [5.41, 5.74) is 6.35. The van der Waals surface area contributed by atoms with Crippen molar-refractivity contribution in [3.05, 3.63) is 22.4 Å². The van der Waals surface area contributed by atoms with Gasteiger partial charge < -0.3 is 15.5 Å². The van der Waals surface area contributed by atoms with E-state index < -0.39 is 6.04 Å². The van der Waals surface area contributed by atoms with Crippen LogP contribution in [0.2, 0.25) is 0 Å². The van der Waals surface area contributed by atoms with E-state index in [1.807, 2.05) is 21.7 Å². The second kappa shape index (κ2) is 6.16. The smallest absolute Gasteiger partial charge is 0.254 e. The van der Waals surface area contributed by atoms with Crippen molar-refractivity contribution in [3.63, 3.8) is 0 Å². The van der Waals surface area contributed by atoms with Gasteiger partial charge in [-0.3, -0.25) is 9.59 Å². The van der Waals surface area contributed by atoms with Crippen LogP contribution in [0.15, 0.2) is 16.8 Å². The highest BCUT2D eigenvalue weighted by molar-refractivity contribution is 7.08. The lowest BCUT2D eigenvalue weighted by atomic mass is 10.3. The van der Waals surface area contributed by atoms with Crippen LogP contribution >= 0.6 is 11.3 Å². The molecule has 2 heterocycles. The van der Waals surface area contributed by atoms with Crippen LogP contribution in [0.4, 0.5) is 0 Å². The summed E-state index contributed by atoms with van der Waals surface area (Å²) in [6.07, 6.45) is 0.800. The zero-order chi connectivity index (χ0) is 13.8. The number of carbonyl (C=O) groups is 2. The number of hydrogen-bond donors (Lipinski definition) is 1. The quantitative estimate of drug-likeness (QED) is 0.870. The molecule has 0 bridgehead atoms. The van der Waals surface area contributed by atoms with Crippen LogP contribution in [0.3, 0.4) is 0 Å². The molecule has 1 aromatic heterocycles. The maximum atomic E-state index is 12.2. The van der Waals surface area contributed by atoms with Crippen molar-refractivity contribution < 1.29 is 9.59 Å². The fourth-order valence-corrected chi connectivity index (χ4v) is 2.83. The number of nitrogens with two attached hydrogens (primary N) is 1. The largest absolute Gasteiger partial charge is 0.340 e. The fraction of sp³-hybridized carbons (Fsp3) is 0.538. The molecule has 5 nitrogen and oxygen atoms in total. The summed E-state index contributed by atoms with van der Waals surface area (Å²) in [5, 5.41) is 3.76. The average Bonchev–Trinajstić information content (AvgIpc) is 2.81. The molecule has 0 saturated carbocycles. The summed E-state index contributed by atoms with van der Waals surface area (Å²) in [6, 6.07) is 1.36. The number of rotatable bonds is 2. The Morgan fingerprint density at radius 2 is 1.95 bits per heavy atom. The van der Waals surface area contributed by atoms with E-state index in [0.29, 0.717) is 26.2 Å². The minimum absolute atomic E-state index is 0.0372. The number of hydrogen-bond acceptors (Lipinski definition) is 4. The highest BCUT2D eigenvalue weighted by Gasteiger charge is 2.24. The van der Waals surface area contributed by atoms with Crippen LogP contribution in [0.1, 0.15) is 23.7 Å². The van der Waals surface area contributed by atoms with Crippen molar-refractivity contribution in [3.8, 4) is 0 Å². The van der Waals surface area contributed by atoms with E-state index >= 15 is 0 Å². The van der Waals surface area contributed by atoms with Crippen LogP contribution in [0.25, 0.3) is 0 Å². The van der Waals surface area contributed by atoms with Gasteiger partial charge in [0, 0.05) is 31.6 Å². The van der Waals surface area contributed by atoms with Crippen LogP contribution < -0.4 is 5.73 Å². The van der Waals surface area contributed by atoms with E-state index in [2.05, 4.69) is 0 Å². The number of thiophene rings is 1. The van der Waals surface area contributed by atoms with Crippen molar-refractivity contribution in [2.24, 2.45) is 5.73 Å². The van der Waals surface area contributed by atoms with Gasteiger partial charge in [-0.2, -0.15) is 11.3 Å². The molecule has 2 rings (SSSR count). The first-order valence-corrected chi connectivity index (χ1v) is 7.39. The van der Waals surface area contributed by atoms with E-state index in [9.17, 15) is 9.59 Å². The number of nitrogens with zero attached hydrogens (tertiary/aromatic N) is 2. The Bertz CT molecular complexity index is 445. The molecule has 19 heavy (non-hydrogen) atoms. The van der Waals surface area contributed by atoms with Crippen molar-refractivity contribution in [2.45, 2.75) is 19.4 Å². The lowest BCUT2D eigenvalue weighted by Crippen LogP contribution is -2.44. The first-order chi connectivity index (χ1) is 9.09. The fourth-order valence-electron chi connectivity index (χ4n) is 2.20. The molecule has 0 aliphatic carbocycles. The van der Waals surface area contributed by atoms with Crippen LogP contribution in [0.5, 0.6) is 0 Å². The summed E-state index contributed by atoms with van der Waals surface area (Å²) < 4.78 is 0. The number of amides is 2. The van der Waals surface area contributed by atoms with Crippen molar-refractivity contribution in [1.29, 1.82) is 0 Å². The Labute approximate surface area is 117 Å². The van der Waals surface area contributed by atoms with Gasteiger partial charge in [-0.1, -0.05) is 0 Å². The Hall–Kier alpha value is -1.40. The molecule has 1 aromatic rings. The van der Waals surface area contributed by atoms with Crippen LogP contribution in [0, 0.1) is 0 Å². The second-order valence-corrected chi connectivity index (χ2v) is 5.55. The van der Waals surface area contributed by atoms with Crippen molar-refractivity contribution in [2.75, 3.05) is 26.2 Å². The van der Waals surface area contributed by atoms with Crippen LogP contribution in [-0.2, 0) is 4.79 Å². The van der Waals surface area contributed by atoms with Gasteiger partial charge >= 0.3 is 0 Å². The average molecular weight is 281 g/mol. The van der Waals surface area contributed by atoms with Gasteiger partial charge in [-0.05, 0) is 24.8 Å². The van der Waals surface area contributed by atoms with E-state index in [1.54, 1.807) is 11.8 Å². The molecule has 2 N–H and O–H groups in total. The minimum atomic E-state index is -0.473. The monoisotopic (exact) mass is 281 g/mol. The Morgan fingerprint density at radius 3 is 2.58 bits per heavy atom. The molecule has 0 aromatic carbocycles. The predicted octanol–water partition coefficient (Wildman–Crippen LogP) is 0.770. The van der Waals surface area contributed by atoms with Gasteiger partial charge in [0.2, 0.25) is 5.91 Å². The first-order valence-electron chi connectivity index (χ1n) is 6.45. The van der Waals surface area contributed by atoms with Gasteiger partial charge in [0.15, 0.2) is 0 Å². The SMILES string of the molecule is C[C@@H](N)C(=O)N1CCCN(C(=O)c2ccsc2)CC1. The molecule has 1 aliphatic rings. The predicted molar refractivity (Wildman–Crippen MR) is 75.1 cm³/mol. The molecular formula is C13H19N3O2S. The third-order valence-electron chi connectivity index (χ3n) is 3.25. The summed E-state index contributed by atoms with van der Waals surface area (Å²) in [6.45, 7) is 4.20. The molecule has 1 atom stereocenters. The molecule has 1 saturated heterocycles. The molecule has 1 fully saturated rings. The molecule has 6 heteroatoms. The molecule has 0 unspecified atom stereocenters. The third kappa shape index (κ3) is 3.33. The number of carbonyl (C=O) groups excluding carboxylic acids is 2. The summed E-state index contributed by atoms with van der Waals surface area (Å²) in [7, 11) is 0. The van der Waals surface area contributed by atoms with Gasteiger partial charge in [0.05, 0.1) is 11.6 Å². The van der Waals surface area contributed by atoms with Gasteiger partial charge in [-0.15, -0.1) is 0 Å². The molecule has 104 valence electrons. The summed E-state index contributed by atoms with van der Waals surface area (Å²) >= 11 is 1.52. The van der Waals surface area contributed by atoms with E-state index in [0.717, 1.165) is 12.0 Å². The zero-order valence-corrected chi connectivity index (χ0v) is 11.9. The molecule has 0 radical (unpaired) electrons. The highest BCUT2D eigenvalue weighted by Crippen LogP contribution is 2.12. The normalized spacial score (nSPS) is 18.0. The van der Waals surface area contributed by atoms with Crippen LogP contribution in [-0.4, -0.2) is 53.8 Å². The third-order valence-corrected chi connectivity index (χ3v) is 3.94. The molecule has 0 spiro atoms. The first kappa shape index (κ1) is 14.0. The van der Waals surface area contributed by atoms with Gasteiger partial charge in [0.1, 0.15) is 0 Å². The van der Waals surface area contributed by atoms with E-state index in [-0.39, 0.29) is 11.8 Å². The Balaban J connectivity index is 1.97. The highest BCUT2D eigenvalue weighted by atomic mass is 32.1. The Morgan fingerprint density at radius 1 is 1.26 bits per heavy atom. The standard InChI is InChI=1S/C13H19N3O2S/c1-10(14)12(17)15-4-2-5-16(7-6-15)13(18)11-3-8-19-9-11/h3,8-10H,2,4-7,14H2,1H3/t10-/m1/s1. The molecular weight excluding hydrogens is 262 g/mol. The lowest BCUT2D eigenvalue weighted by Gasteiger charge is -2.23. The maximum Gasteiger partial charge on any atom is 0.254 e. The molecule has 2 amide bonds. The van der Waals surface area contributed by atoms with E-state index in [1.165, 1.54) is 11.3 Å². The van der Waals surface area contributed by atoms with Crippen molar-refractivity contribution in [1.82, 2.24) is 9.80 Å². The second-order valence-electron chi connectivity index (χ2n) is 4.77. The van der Waals surface area contributed by atoms with Gasteiger partial charge in [-0.25, -0.2) is 0 Å². The lowest BCUT2D eigenvalue weighted by molar-refractivity contribution is -0.132. The topological polar surface area (TPSA) is 66.6 Å².